The number of amides is 3. The van der Waals surface area contributed by atoms with Crippen LogP contribution in [0.4, 0.5) is 11.4 Å². The monoisotopic (exact) mass is 451 g/mol. The molecule has 2 aromatic carbocycles. The summed E-state index contributed by atoms with van der Waals surface area (Å²) in [6.45, 7) is 5.67. The molecule has 0 radical (unpaired) electrons. The van der Waals surface area contributed by atoms with E-state index in [4.69, 9.17) is 11.6 Å². The van der Waals surface area contributed by atoms with Crippen LogP contribution >= 0.6 is 11.6 Å². The first kappa shape index (κ1) is 22.1. The second kappa shape index (κ2) is 9.17. The normalized spacial score (nSPS) is 19.0. The van der Waals surface area contributed by atoms with Crippen molar-refractivity contribution in [3.63, 3.8) is 0 Å². The molecule has 2 aliphatic rings. The fraction of sp³-hybridized carbons (Fsp3) is 0.320. The summed E-state index contributed by atoms with van der Waals surface area (Å²) < 4.78 is 0. The van der Waals surface area contributed by atoms with Gasteiger partial charge in [0.1, 0.15) is 10.7 Å². The molecule has 2 heterocycles. The summed E-state index contributed by atoms with van der Waals surface area (Å²) in [6, 6.07) is 14.2. The van der Waals surface area contributed by atoms with Crippen LogP contribution in [0.1, 0.15) is 42.6 Å². The molecule has 7 heteroatoms. The van der Waals surface area contributed by atoms with E-state index in [1.165, 1.54) is 0 Å². The summed E-state index contributed by atoms with van der Waals surface area (Å²) in [7, 11) is 0. The van der Waals surface area contributed by atoms with Gasteiger partial charge < -0.3 is 10.2 Å². The average molecular weight is 452 g/mol. The molecule has 1 N–H and O–H groups in total. The van der Waals surface area contributed by atoms with E-state index >= 15 is 0 Å². The number of rotatable bonds is 5. The average Bonchev–Trinajstić information content (AvgIpc) is 3.02. The Hall–Kier alpha value is -3.12. The molecule has 166 valence electrons. The van der Waals surface area contributed by atoms with Crippen molar-refractivity contribution in [2.24, 2.45) is 5.92 Å². The number of piperidine rings is 1. The van der Waals surface area contributed by atoms with Gasteiger partial charge >= 0.3 is 0 Å². The van der Waals surface area contributed by atoms with E-state index in [9.17, 15) is 14.4 Å². The van der Waals surface area contributed by atoms with E-state index in [1.807, 2.05) is 24.0 Å². The first-order valence-corrected chi connectivity index (χ1v) is 11.3. The van der Waals surface area contributed by atoms with E-state index in [0.717, 1.165) is 42.8 Å². The minimum Gasteiger partial charge on any atom is -0.350 e. The molecule has 0 aliphatic carbocycles. The Labute approximate surface area is 192 Å². The number of anilines is 2. The molecule has 0 saturated carbocycles. The number of likely N-dealkylation sites (tertiary alicyclic amines) is 1. The van der Waals surface area contributed by atoms with Gasteiger partial charge in [-0.3, -0.25) is 14.4 Å². The van der Waals surface area contributed by atoms with Crippen LogP contribution in [-0.2, 0) is 16.0 Å². The van der Waals surface area contributed by atoms with Gasteiger partial charge in [-0.15, -0.1) is 0 Å². The number of benzene rings is 2. The van der Waals surface area contributed by atoms with Crippen LogP contribution in [-0.4, -0.2) is 35.7 Å². The predicted octanol–water partition coefficient (Wildman–Crippen LogP) is 4.56. The number of hydrogen-bond acceptors (Lipinski definition) is 4. The number of carbonyl (C=O) groups excluding carboxylic acids is 3. The molecule has 0 aromatic heterocycles. The zero-order chi connectivity index (χ0) is 22.8. The fourth-order valence-corrected chi connectivity index (χ4v) is 4.37. The Bertz CT molecular complexity index is 1090. The largest absolute Gasteiger partial charge is 0.350 e. The minimum absolute atomic E-state index is 0.00688. The lowest BCUT2D eigenvalue weighted by atomic mass is 9.99. The number of carbonyl (C=O) groups is 3. The smallest absolute Gasteiger partial charge is 0.283 e. The highest BCUT2D eigenvalue weighted by Gasteiger charge is 2.39. The lowest BCUT2D eigenvalue weighted by Gasteiger charge is -2.31. The Balaban J connectivity index is 1.53. The van der Waals surface area contributed by atoms with Crippen LogP contribution < -0.4 is 10.2 Å². The van der Waals surface area contributed by atoms with Crippen molar-refractivity contribution in [2.75, 3.05) is 23.3 Å². The number of hydrogen-bond donors (Lipinski definition) is 1. The number of nitrogens with zero attached hydrogens (tertiary/aromatic N) is 2. The van der Waals surface area contributed by atoms with Crippen molar-refractivity contribution >= 4 is 40.7 Å². The first-order valence-electron chi connectivity index (χ1n) is 10.9. The quantitative estimate of drug-likeness (QED) is 0.677. The number of nitrogens with one attached hydrogen (secondary N) is 1. The molecule has 1 atom stereocenters. The Kier molecular flexibility index (Phi) is 6.33. The molecular formula is C25H26ClN3O3. The molecule has 2 aliphatic heterocycles. The van der Waals surface area contributed by atoms with Crippen molar-refractivity contribution in [3.8, 4) is 0 Å². The van der Waals surface area contributed by atoms with Gasteiger partial charge in [0.25, 0.3) is 17.7 Å². The van der Waals surface area contributed by atoms with Gasteiger partial charge in [-0.1, -0.05) is 43.6 Å². The second-order valence-electron chi connectivity index (χ2n) is 8.36. The predicted molar refractivity (Wildman–Crippen MR) is 126 cm³/mol. The standard InChI is InChI=1S/C25H26ClN3O3/c1-3-17-9-11-20(12-10-17)29-24(31)21(26)22(25(29)32)27-19-8-4-7-18(14-19)23(30)28-13-5-6-16(2)15-28/h4,7-12,14,16,27H,3,5-6,13,15H2,1-2H3. The third-order valence-corrected chi connectivity index (χ3v) is 6.30. The third-order valence-electron chi connectivity index (χ3n) is 5.95. The van der Waals surface area contributed by atoms with Gasteiger partial charge in [-0.25, -0.2) is 4.90 Å². The van der Waals surface area contributed by atoms with Crippen molar-refractivity contribution < 1.29 is 14.4 Å². The molecule has 1 fully saturated rings. The minimum atomic E-state index is -0.571. The highest BCUT2D eigenvalue weighted by Crippen LogP contribution is 2.30. The molecule has 0 bridgehead atoms. The van der Waals surface area contributed by atoms with Crippen LogP contribution in [0.25, 0.3) is 0 Å². The lowest BCUT2D eigenvalue weighted by molar-refractivity contribution is -0.120. The van der Waals surface area contributed by atoms with E-state index < -0.39 is 11.8 Å². The summed E-state index contributed by atoms with van der Waals surface area (Å²) in [5.41, 5.74) is 2.64. The van der Waals surface area contributed by atoms with Gasteiger partial charge in [-0.2, -0.15) is 0 Å². The van der Waals surface area contributed by atoms with Gasteiger partial charge in [-0.05, 0) is 61.1 Å². The molecule has 1 saturated heterocycles. The van der Waals surface area contributed by atoms with Crippen LogP contribution in [0, 0.1) is 5.92 Å². The van der Waals surface area contributed by atoms with Gasteiger partial charge in [0.15, 0.2) is 0 Å². The summed E-state index contributed by atoms with van der Waals surface area (Å²) in [5.74, 6) is -0.645. The molecular weight excluding hydrogens is 426 g/mol. The molecule has 4 rings (SSSR count). The van der Waals surface area contributed by atoms with Crippen LogP contribution in [0.15, 0.2) is 59.3 Å². The number of aryl methyl sites for hydroxylation is 1. The summed E-state index contributed by atoms with van der Waals surface area (Å²) in [4.78, 5) is 41.6. The van der Waals surface area contributed by atoms with Gasteiger partial charge in [0, 0.05) is 24.3 Å². The first-order chi connectivity index (χ1) is 15.4. The fourth-order valence-electron chi connectivity index (χ4n) is 4.16. The topological polar surface area (TPSA) is 69.7 Å². The Morgan fingerprint density at radius 3 is 2.56 bits per heavy atom. The summed E-state index contributed by atoms with van der Waals surface area (Å²) in [5, 5.41) is 2.79. The van der Waals surface area contributed by atoms with E-state index in [1.54, 1.807) is 36.4 Å². The summed E-state index contributed by atoms with van der Waals surface area (Å²) >= 11 is 6.25. The molecule has 6 nitrogen and oxygen atoms in total. The maximum absolute atomic E-state index is 13.0. The molecule has 3 amide bonds. The highest BCUT2D eigenvalue weighted by molar-refractivity contribution is 6.53. The SMILES string of the molecule is CCc1ccc(N2C(=O)C(Cl)=C(Nc3cccc(C(=O)N4CCCC(C)C4)c3)C2=O)cc1. The van der Waals surface area contributed by atoms with Gasteiger partial charge in [0.05, 0.1) is 5.69 Å². The van der Waals surface area contributed by atoms with Crippen LogP contribution in [0.3, 0.4) is 0 Å². The van der Waals surface area contributed by atoms with E-state index in [-0.39, 0.29) is 16.6 Å². The maximum atomic E-state index is 13.0. The third kappa shape index (κ3) is 4.28. The summed E-state index contributed by atoms with van der Waals surface area (Å²) in [6.07, 6.45) is 2.99. The zero-order valence-corrected chi connectivity index (χ0v) is 19.0. The van der Waals surface area contributed by atoms with Crippen molar-refractivity contribution in [1.29, 1.82) is 0 Å². The Morgan fingerprint density at radius 2 is 1.88 bits per heavy atom. The highest BCUT2D eigenvalue weighted by atomic mass is 35.5. The zero-order valence-electron chi connectivity index (χ0n) is 18.2. The molecule has 2 aromatic rings. The second-order valence-corrected chi connectivity index (χ2v) is 8.74. The number of imide groups is 1. The van der Waals surface area contributed by atoms with Crippen molar-refractivity contribution in [3.05, 3.63) is 70.4 Å². The van der Waals surface area contributed by atoms with Crippen LogP contribution in [0.2, 0.25) is 0 Å². The van der Waals surface area contributed by atoms with Crippen LogP contribution in [0.5, 0.6) is 0 Å². The molecule has 1 unspecified atom stereocenters. The number of halogens is 1. The van der Waals surface area contributed by atoms with E-state index in [0.29, 0.717) is 22.9 Å². The maximum Gasteiger partial charge on any atom is 0.283 e. The molecule has 32 heavy (non-hydrogen) atoms. The van der Waals surface area contributed by atoms with Crippen molar-refractivity contribution in [1.82, 2.24) is 4.90 Å². The van der Waals surface area contributed by atoms with E-state index in [2.05, 4.69) is 12.2 Å². The Morgan fingerprint density at radius 1 is 1.12 bits per heavy atom. The van der Waals surface area contributed by atoms with Crippen molar-refractivity contribution in [2.45, 2.75) is 33.1 Å². The van der Waals surface area contributed by atoms with Gasteiger partial charge in [0.2, 0.25) is 0 Å². The lowest BCUT2D eigenvalue weighted by Crippen LogP contribution is -2.39. The molecule has 0 spiro atoms.